The molecule has 0 fully saturated rings. The lowest BCUT2D eigenvalue weighted by Crippen LogP contribution is -2.14. The number of halogens is 1. The summed E-state index contributed by atoms with van der Waals surface area (Å²) in [6.07, 6.45) is 3.06. The van der Waals surface area contributed by atoms with Crippen LogP contribution in [0.5, 0.6) is 11.6 Å². The van der Waals surface area contributed by atoms with Crippen molar-refractivity contribution in [2.75, 3.05) is 0 Å². The van der Waals surface area contributed by atoms with E-state index in [0.29, 0.717) is 17.2 Å². The number of nitrogen functional groups attached to an aromatic ring is 1. The maximum absolute atomic E-state index is 7.69. The van der Waals surface area contributed by atoms with Crippen LogP contribution < -0.4 is 10.5 Å². The highest BCUT2D eigenvalue weighted by molar-refractivity contribution is 9.10. The predicted octanol–water partition coefficient (Wildman–Crippen LogP) is 3.41. The number of pyridine rings is 1. The largest absolute Gasteiger partial charge is 0.438 e. The maximum Gasteiger partial charge on any atom is 0.230 e. The molecule has 0 saturated carbocycles. The Morgan fingerprint density at radius 3 is 2.70 bits per heavy atom. The second kappa shape index (κ2) is 5.25. The number of rotatable bonds is 3. The molecule has 3 rings (SSSR count). The smallest absolute Gasteiger partial charge is 0.230 e. The van der Waals surface area contributed by atoms with Gasteiger partial charge in [0.05, 0.1) is 5.56 Å². The number of benzene rings is 1. The fourth-order valence-corrected chi connectivity index (χ4v) is 2.60. The number of nitrogens with one attached hydrogen (secondary N) is 1. The molecule has 102 valence electrons. The third-order valence-electron chi connectivity index (χ3n) is 3.33. The van der Waals surface area contributed by atoms with Crippen LogP contribution in [-0.4, -0.2) is 10.8 Å². The predicted molar refractivity (Wildman–Crippen MR) is 81.5 cm³/mol. The van der Waals surface area contributed by atoms with Crippen LogP contribution in [0.25, 0.3) is 0 Å². The van der Waals surface area contributed by atoms with Gasteiger partial charge in [-0.3, -0.25) is 5.41 Å². The van der Waals surface area contributed by atoms with Crippen molar-refractivity contribution in [2.24, 2.45) is 5.73 Å². The van der Waals surface area contributed by atoms with Crippen molar-refractivity contribution in [3.63, 3.8) is 0 Å². The van der Waals surface area contributed by atoms with Crippen LogP contribution in [0.2, 0.25) is 0 Å². The molecule has 0 bridgehead atoms. The maximum atomic E-state index is 7.69. The van der Waals surface area contributed by atoms with Gasteiger partial charge in [-0.15, -0.1) is 0 Å². The molecule has 20 heavy (non-hydrogen) atoms. The van der Waals surface area contributed by atoms with Gasteiger partial charge in [0.1, 0.15) is 11.6 Å². The van der Waals surface area contributed by atoms with E-state index in [1.54, 1.807) is 0 Å². The first kappa shape index (κ1) is 13.1. The average Bonchev–Trinajstić information content (AvgIpc) is 2.87. The van der Waals surface area contributed by atoms with Gasteiger partial charge in [0.2, 0.25) is 5.88 Å². The molecule has 5 heteroatoms. The van der Waals surface area contributed by atoms with Gasteiger partial charge in [-0.25, -0.2) is 4.98 Å². The van der Waals surface area contributed by atoms with Crippen molar-refractivity contribution < 1.29 is 4.74 Å². The molecule has 0 unspecified atom stereocenters. The molecule has 0 amide bonds. The van der Waals surface area contributed by atoms with Crippen LogP contribution in [0.4, 0.5) is 0 Å². The zero-order valence-electron chi connectivity index (χ0n) is 10.8. The molecule has 3 N–H and O–H groups in total. The molecule has 0 aliphatic heterocycles. The van der Waals surface area contributed by atoms with E-state index in [1.165, 1.54) is 5.56 Å². The van der Waals surface area contributed by atoms with Crippen molar-refractivity contribution in [3.8, 4) is 11.6 Å². The molecule has 1 aliphatic carbocycles. The normalized spacial score (nSPS) is 13.1. The van der Waals surface area contributed by atoms with Crippen molar-refractivity contribution in [3.05, 3.63) is 51.6 Å². The van der Waals surface area contributed by atoms with Crippen molar-refractivity contribution >= 4 is 21.8 Å². The van der Waals surface area contributed by atoms with E-state index in [-0.39, 0.29) is 5.84 Å². The number of amidine groups is 1. The molecule has 0 saturated heterocycles. The number of hydrogen-bond acceptors (Lipinski definition) is 3. The highest BCUT2D eigenvalue weighted by Crippen LogP contribution is 2.29. The third-order valence-corrected chi connectivity index (χ3v) is 3.86. The summed E-state index contributed by atoms with van der Waals surface area (Å²) in [5, 5.41) is 7.69. The van der Waals surface area contributed by atoms with Gasteiger partial charge in [0.25, 0.3) is 0 Å². The lowest BCUT2D eigenvalue weighted by atomic mass is 10.1. The first-order valence-electron chi connectivity index (χ1n) is 6.44. The summed E-state index contributed by atoms with van der Waals surface area (Å²) in [6, 6.07) is 9.43. The van der Waals surface area contributed by atoms with E-state index in [1.807, 2.05) is 30.3 Å². The molecule has 4 nitrogen and oxygen atoms in total. The number of aromatic nitrogens is 1. The van der Waals surface area contributed by atoms with Crippen LogP contribution in [0, 0.1) is 5.41 Å². The van der Waals surface area contributed by atoms with Gasteiger partial charge in [-0.2, -0.15) is 0 Å². The van der Waals surface area contributed by atoms with Crippen molar-refractivity contribution in [1.29, 1.82) is 5.41 Å². The Morgan fingerprint density at radius 1 is 1.25 bits per heavy atom. The number of ether oxygens (including phenoxy) is 1. The van der Waals surface area contributed by atoms with Crippen LogP contribution in [0.15, 0.2) is 34.8 Å². The molecule has 1 aromatic carbocycles. The minimum atomic E-state index is -0.0145. The third kappa shape index (κ3) is 2.54. The average molecular weight is 332 g/mol. The van der Waals surface area contributed by atoms with Gasteiger partial charge in [-0.1, -0.05) is 15.9 Å². The Bertz CT molecular complexity index is 668. The highest BCUT2D eigenvalue weighted by Gasteiger charge is 2.19. The Balaban J connectivity index is 1.99. The van der Waals surface area contributed by atoms with Crippen LogP contribution in [-0.2, 0) is 12.8 Å². The van der Waals surface area contributed by atoms with Gasteiger partial charge < -0.3 is 10.5 Å². The lowest BCUT2D eigenvalue weighted by molar-refractivity contribution is 0.459. The molecule has 0 atom stereocenters. The molecular weight excluding hydrogens is 318 g/mol. The number of aryl methyl sites for hydroxylation is 2. The Hall–Kier alpha value is -1.88. The number of fused-ring (bicyclic) bond motifs is 1. The summed E-state index contributed by atoms with van der Waals surface area (Å²) < 4.78 is 6.78. The van der Waals surface area contributed by atoms with Gasteiger partial charge in [0.15, 0.2) is 0 Å². The monoisotopic (exact) mass is 331 g/mol. The van der Waals surface area contributed by atoms with Gasteiger partial charge in [0, 0.05) is 10.2 Å². The molecule has 2 aromatic rings. The van der Waals surface area contributed by atoms with Crippen LogP contribution in [0.1, 0.15) is 23.2 Å². The summed E-state index contributed by atoms with van der Waals surface area (Å²) in [5.41, 5.74) is 8.44. The quantitative estimate of drug-likeness (QED) is 0.668. The standard InChI is InChI=1S/C15H14BrN3O/c16-10-4-6-11(7-5-10)20-15-12(14(17)18)8-9-2-1-3-13(9)19-15/h4-8H,1-3H2,(H3,17,18). The van der Waals surface area contributed by atoms with Crippen LogP contribution >= 0.6 is 15.9 Å². The van der Waals surface area contributed by atoms with E-state index in [0.717, 1.165) is 29.4 Å². The first-order chi connectivity index (χ1) is 9.63. The molecule has 1 heterocycles. The fraction of sp³-hybridized carbons (Fsp3) is 0.200. The Labute approximate surface area is 125 Å². The topological polar surface area (TPSA) is 72.0 Å². The molecular formula is C15H14BrN3O. The van der Waals surface area contributed by atoms with Crippen LogP contribution in [0.3, 0.4) is 0 Å². The summed E-state index contributed by atoms with van der Waals surface area (Å²) in [5.74, 6) is 1.08. The minimum absolute atomic E-state index is 0.0145. The van der Waals surface area contributed by atoms with E-state index < -0.39 is 0 Å². The van der Waals surface area contributed by atoms with Crippen molar-refractivity contribution in [1.82, 2.24) is 4.98 Å². The molecule has 1 aliphatic rings. The summed E-state index contributed by atoms with van der Waals surface area (Å²) in [6.45, 7) is 0. The first-order valence-corrected chi connectivity index (χ1v) is 7.23. The van der Waals surface area contributed by atoms with Crippen molar-refractivity contribution in [2.45, 2.75) is 19.3 Å². The number of nitrogens with two attached hydrogens (primary N) is 1. The molecule has 0 spiro atoms. The number of nitrogens with zero attached hydrogens (tertiary/aromatic N) is 1. The zero-order chi connectivity index (χ0) is 14.1. The second-order valence-electron chi connectivity index (χ2n) is 4.77. The fourth-order valence-electron chi connectivity index (χ4n) is 2.34. The summed E-state index contributed by atoms with van der Waals surface area (Å²) in [4.78, 5) is 4.54. The minimum Gasteiger partial charge on any atom is -0.438 e. The van der Waals surface area contributed by atoms with Gasteiger partial charge >= 0.3 is 0 Å². The SMILES string of the molecule is N=C(N)c1cc2c(nc1Oc1ccc(Br)cc1)CCC2. The van der Waals surface area contributed by atoms with Gasteiger partial charge in [-0.05, 0) is 55.2 Å². The Kier molecular flexibility index (Phi) is 3.44. The Morgan fingerprint density at radius 2 is 2.00 bits per heavy atom. The lowest BCUT2D eigenvalue weighted by Gasteiger charge is -2.11. The summed E-state index contributed by atoms with van der Waals surface area (Å²) >= 11 is 3.38. The van der Waals surface area contributed by atoms with E-state index >= 15 is 0 Å². The second-order valence-corrected chi connectivity index (χ2v) is 5.69. The highest BCUT2D eigenvalue weighted by atomic mass is 79.9. The summed E-state index contributed by atoms with van der Waals surface area (Å²) in [7, 11) is 0. The van der Waals surface area contributed by atoms with E-state index in [4.69, 9.17) is 15.9 Å². The van der Waals surface area contributed by atoms with E-state index in [9.17, 15) is 0 Å². The number of hydrogen-bond donors (Lipinski definition) is 2. The van der Waals surface area contributed by atoms with E-state index in [2.05, 4.69) is 20.9 Å². The molecule has 0 radical (unpaired) electrons. The molecule has 1 aromatic heterocycles. The zero-order valence-corrected chi connectivity index (χ0v) is 12.4.